The topological polar surface area (TPSA) is 3.24 Å². The summed E-state index contributed by atoms with van der Waals surface area (Å²) in [6.07, 6.45) is 4.19. The number of rotatable bonds is 3. The van der Waals surface area contributed by atoms with Crippen molar-refractivity contribution in [2.75, 3.05) is 13.1 Å². The second kappa shape index (κ2) is 4.74. The fraction of sp³-hybridized carbons (Fsp3) is 0.600. The van der Waals surface area contributed by atoms with Gasteiger partial charge in [-0.2, -0.15) is 0 Å². The molecular formula is C15H20BrN. The molecule has 1 saturated heterocycles. The molecule has 0 unspecified atom stereocenters. The van der Waals surface area contributed by atoms with Crippen LogP contribution in [-0.4, -0.2) is 24.0 Å². The maximum Gasteiger partial charge on any atom is 0.0175 e. The maximum absolute atomic E-state index is 3.50. The average molecular weight is 294 g/mol. The van der Waals surface area contributed by atoms with Crippen LogP contribution in [0.2, 0.25) is 0 Å². The number of hydrogen-bond donors (Lipinski definition) is 0. The van der Waals surface area contributed by atoms with Crippen LogP contribution < -0.4 is 0 Å². The summed E-state index contributed by atoms with van der Waals surface area (Å²) < 4.78 is 1.19. The highest BCUT2D eigenvalue weighted by molar-refractivity contribution is 9.10. The molecule has 17 heavy (non-hydrogen) atoms. The van der Waals surface area contributed by atoms with Gasteiger partial charge in [-0.05, 0) is 62.3 Å². The lowest BCUT2D eigenvalue weighted by atomic mass is 10.1. The Morgan fingerprint density at radius 2 is 2.06 bits per heavy atom. The molecule has 1 aliphatic carbocycles. The Kier molecular flexibility index (Phi) is 3.27. The molecule has 2 aliphatic rings. The molecule has 0 amide bonds. The third kappa shape index (κ3) is 2.58. The molecule has 0 bridgehead atoms. The SMILES string of the molecule is C[C@@H]1CCCN1C[C@H]1C[C@@H]1c1ccc(Br)cc1. The number of benzene rings is 1. The third-order valence-corrected chi connectivity index (χ3v) is 4.91. The van der Waals surface area contributed by atoms with Gasteiger partial charge >= 0.3 is 0 Å². The van der Waals surface area contributed by atoms with Crippen LogP contribution in [0.1, 0.15) is 37.7 Å². The molecule has 3 rings (SSSR count). The molecule has 1 heterocycles. The summed E-state index contributed by atoms with van der Waals surface area (Å²) in [5.74, 6) is 1.74. The molecule has 1 saturated carbocycles. The van der Waals surface area contributed by atoms with Crippen LogP contribution in [0.15, 0.2) is 28.7 Å². The number of likely N-dealkylation sites (tertiary alicyclic amines) is 1. The van der Waals surface area contributed by atoms with Gasteiger partial charge in [-0.25, -0.2) is 0 Å². The van der Waals surface area contributed by atoms with Crippen molar-refractivity contribution < 1.29 is 0 Å². The third-order valence-electron chi connectivity index (χ3n) is 4.38. The van der Waals surface area contributed by atoms with Crippen LogP contribution >= 0.6 is 15.9 Å². The summed E-state index contributed by atoms with van der Waals surface area (Å²) in [7, 11) is 0. The molecular weight excluding hydrogens is 274 g/mol. The Morgan fingerprint density at radius 1 is 1.29 bits per heavy atom. The highest BCUT2D eigenvalue weighted by Crippen LogP contribution is 2.48. The van der Waals surface area contributed by atoms with Crippen molar-refractivity contribution in [2.24, 2.45) is 5.92 Å². The highest BCUT2D eigenvalue weighted by Gasteiger charge is 2.40. The van der Waals surface area contributed by atoms with Gasteiger partial charge in [0.05, 0.1) is 0 Å². The lowest BCUT2D eigenvalue weighted by Gasteiger charge is -2.20. The Hall–Kier alpha value is -0.340. The summed E-state index contributed by atoms with van der Waals surface area (Å²) in [4.78, 5) is 2.68. The van der Waals surface area contributed by atoms with Gasteiger partial charge in [0.1, 0.15) is 0 Å². The first kappa shape index (κ1) is 11.7. The molecule has 1 aromatic carbocycles. The molecule has 0 spiro atoms. The molecule has 0 radical (unpaired) electrons. The minimum absolute atomic E-state index is 0.821. The standard InChI is InChI=1S/C15H20BrN/c1-11-3-2-8-17(11)10-13-9-15(13)12-4-6-14(16)7-5-12/h4-7,11,13,15H,2-3,8-10H2,1H3/t11-,13-,15-/m1/s1. The van der Waals surface area contributed by atoms with Crippen molar-refractivity contribution in [1.82, 2.24) is 4.90 Å². The van der Waals surface area contributed by atoms with E-state index in [0.29, 0.717) is 0 Å². The Morgan fingerprint density at radius 3 is 2.71 bits per heavy atom. The van der Waals surface area contributed by atoms with Crippen LogP contribution in [0.4, 0.5) is 0 Å². The Balaban J connectivity index is 1.57. The number of nitrogens with zero attached hydrogens (tertiary/aromatic N) is 1. The average Bonchev–Trinajstić information content (AvgIpc) is 2.97. The molecule has 3 atom stereocenters. The summed E-state index contributed by atoms with van der Waals surface area (Å²) in [6, 6.07) is 9.72. The molecule has 92 valence electrons. The molecule has 0 aromatic heterocycles. The molecule has 0 N–H and O–H groups in total. The molecule has 1 nitrogen and oxygen atoms in total. The van der Waals surface area contributed by atoms with Crippen LogP contribution in [0.25, 0.3) is 0 Å². The zero-order valence-corrected chi connectivity index (χ0v) is 12.0. The van der Waals surface area contributed by atoms with Crippen molar-refractivity contribution in [3.8, 4) is 0 Å². The smallest absolute Gasteiger partial charge is 0.0175 e. The second-order valence-corrected chi connectivity index (χ2v) is 6.56. The van der Waals surface area contributed by atoms with Crippen molar-refractivity contribution in [2.45, 2.75) is 38.1 Å². The van der Waals surface area contributed by atoms with Gasteiger partial charge in [0.15, 0.2) is 0 Å². The van der Waals surface area contributed by atoms with Crippen LogP contribution in [0, 0.1) is 5.92 Å². The first-order valence-corrected chi connectivity index (χ1v) is 7.53. The van der Waals surface area contributed by atoms with Gasteiger partial charge in [0.2, 0.25) is 0 Å². The van der Waals surface area contributed by atoms with Crippen molar-refractivity contribution >= 4 is 15.9 Å². The second-order valence-electron chi connectivity index (χ2n) is 5.64. The van der Waals surface area contributed by atoms with Gasteiger partial charge in [0, 0.05) is 17.1 Å². The van der Waals surface area contributed by atoms with E-state index in [2.05, 4.69) is 52.0 Å². The van der Waals surface area contributed by atoms with E-state index in [1.54, 1.807) is 0 Å². The van der Waals surface area contributed by atoms with E-state index in [4.69, 9.17) is 0 Å². The lowest BCUT2D eigenvalue weighted by Crippen LogP contribution is -2.29. The first-order valence-electron chi connectivity index (χ1n) is 6.73. The fourth-order valence-electron chi connectivity index (χ4n) is 3.13. The molecule has 1 aromatic rings. The zero-order chi connectivity index (χ0) is 11.8. The normalized spacial score (nSPS) is 32.9. The van der Waals surface area contributed by atoms with Crippen LogP contribution in [0.5, 0.6) is 0 Å². The van der Waals surface area contributed by atoms with E-state index < -0.39 is 0 Å². The van der Waals surface area contributed by atoms with Gasteiger partial charge < -0.3 is 4.90 Å². The van der Waals surface area contributed by atoms with E-state index in [1.807, 2.05) is 0 Å². The van der Waals surface area contributed by atoms with E-state index in [-0.39, 0.29) is 0 Å². The largest absolute Gasteiger partial charge is 0.300 e. The monoisotopic (exact) mass is 293 g/mol. The molecule has 1 aliphatic heterocycles. The van der Waals surface area contributed by atoms with Gasteiger partial charge in [-0.15, -0.1) is 0 Å². The molecule has 2 heteroatoms. The Labute approximate surface area is 112 Å². The Bertz CT molecular complexity index is 386. The van der Waals surface area contributed by atoms with Gasteiger partial charge in [0.25, 0.3) is 0 Å². The van der Waals surface area contributed by atoms with E-state index in [0.717, 1.165) is 17.9 Å². The van der Waals surface area contributed by atoms with Crippen LogP contribution in [-0.2, 0) is 0 Å². The fourth-order valence-corrected chi connectivity index (χ4v) is 3.40. The van der Waals surface area contributed by atoms with E-state index >= 15 is 0 Å². The first-order chi connectivity index (χ1) is 8.24. The minimum atomic E-state index is 0.821. The summed E-state index contributed by atoms with van der Waals surface area (Å²) in [5, 5.41) is 0. The highest BCUT2D eigenvalue weighted by atomic mass is 79.9. The maximum atomic E-state index is 3.50. The van der Waals surface area contributed by atoms with Gasteiger partial charge in [-0.1, -0.05) is 28.1 Å². The summed E-state index contributed by atoms with van der Waals surface area (Å²) >= 11 is 3.50. The van der Waals surface area contributed by atoms with E-state index in [1.165, 1.54) is 42.4 Å². The van der Waals surface area contributed by atoms with Crippen molar-refractivity contribution in [1.29, 1.82) is 0 Å². The zero-order valence-electron chi connectivity index (χ0n) is 10.4. The predicted octanol–water partition coefficient (Wildman–Crippen LogP) is 4.04. The lowest BCUT2D eigenvalue weighted by molar-refractivity contribution is 0.256. The van der Waals surface area contributed by atoms with Crippen molar-refractivity contribution in [3.63, 3.8) is 0 Å². The minimum Gasteiger partial charge on any atom is -0.300 e. The quantitative estimate of drug-likeness (QED) is 0.813. The molecule has 2 fully saturated rings. The van der Waals surface area contributed by atoms with E-state index in [9.17, 15) is 0 Å². The van der Waals surface area contributed by atoms with Gasteiger partial charge in [-0.3, -0.25) is 0 Å². The van der Waals surface area contributed by atoms with Crippen LogP contribution in [0.3, 0.4) is 0 Å². The summed E-state index contributed by atoms with van der Waals surface area (Å²) in [5.41, 5.74) is 1.53. The number of hydrogen-bond acceptors (Lipinski definition) is 1. The number of halogens is 1. The predicted molar refractivity (Wildman–Crippen MR) is 75.3 cm³/mol. The summed E-state index contributed by atoms with van der Waals surface area (Å²) in [6.45, 7) is 5.02. The van der Waals surface area contributed by atoms with Crippen molar-refractivity contribution in [3.05, 3.63) is 34.3 Å².